The second-order valence-corrected chi connectivity index (χ2v) is 11.1. The van der Waals surface area contributed by atoms with Gasteiger partial charge in [0.25, 0.3) is 0 Å². The van der Waals surface area contributed by atoms with Gasteiger partial charge in [0.1, 0.15) is 18.3 Å². The van der Waals surface area contributed by atoms with Gasteiger partial charge in [0.15, 0.2) is 5.60 Å². The number of thioether (sulfide) groups is 1. The summed E-state index contributed by atoms with van der Waals surface area (Å²) >= 11 is 1.65. The number of hydrogen-bond acceptors (Lipinski definition) is 7. The molecule has 1 N–H and O–H groups in total. The molecular weight excluding hydrogens is 392 g/mol. The predicted molar refractivity (Wildman–Crippen MR) is 106 cm³/mol. The van der Waals surface area contributed by atoms with E-state index in [-0.39, 0.29) is 47.4 Å². The summed E-state index contributed by atoms with van der Waals surface area (Å²) in [6.45, 7) is 6.99. The molecule has 0 radical (unpaired) electrons. The van der Waals surface area contributed by atoms with E-state index in [1.54, 1.807) is 11.8 Å². The minimum atomic E-state index is -0.565. The molecule has 1 unspecified atom stereocenters. The first kappa shape index (κ1) is 19.1. The molecule has 29 heavy (non-hydrogen) atoms. The molecule has 160 valence electrons. The number of carbonyl (C=O) groups is 1. The normalized spacial score (nSPS) is 54.2. The van der Waals surface area contributed by atoms with Gasteiger partial charge in [0.05, 0.1) is 24.3 Å². The molecule has 4 fully saturated rings. The Morgan fingerprint density at radius 3 is 2.86 bits per heavy atom. The molecule has 0 aromatic rings. The first-order valence-corrected chi connectivity index (χ1v) is 12.3. The molecule has 3 aliphatic carbocycles. The summed E-state index contributed by atoms with van der Waals surface area (Å²) in [5.74, 6) is 0.892. The SMILES string of the molecule is CSCO[C@@H]1C(C(C)C)[C@@H](O)[C@@H]2O[C@]23[C@]12O[C@H]2C[C@H]1C2=C(CC[C@@]13C)C(=O)OC2. The minimum Gasteiger partial charge on any atom is -0.458 e. The average molecular weight is 423 g/mol. The summed E-state index contributed by atoms with van der Waals surface area (Å²) in [6.07, 6.45) is 3.57. The van der Waals surface area contributed by atoms with Crippen LogP contribution in [0.3, 0.4) is 0 Å². The highest BCUT2D eigenvalue weighted by Gasteiger charge is 2.94. The van der Waals surface area contributed by atoms with Gasteiger partial charge in [-0.3, -0.25) is 0 Å². The largest absolute Gasteiger partial charge is 0.458 e. The summed E-state index contributed by atoms with van der Waals surface area (Å²) in [6, 6.07) is 0. The fourth-order valence-corrected chi connectivity index (χ4v) is 8.01. The van der Waals surface area contributed by atoms with E-state index in [1.165, 1.54) is 0 Å². The summed E-state index contributed by atoms with van der Waals surface area (Å²) in [4.78, 5) is 12.2. The maximum atomic E-state index is 12.2. The average Bonchev–Trinajstić information content (AvgIpc) is 3.56. The van der Waals surface area contributed by atoms with Crippen molar-refractivity contribution in [2.45, 2.75) is 75.7 Å². The van der Waals surface area contributed by atoms with Crippen LogP contribution in [-0.4, -0.2) is 65.5 Å². The lowest BCUT2D eigenvalue weighted by Crippen LogP contribution is -2.70. The van der Waals surface area contributed by atoms with Crippen molar-refractivity contribution < 1.29 is 28.8 Å². The number of aliphatic hydroxyl groups is 1. The number of rotatable bonds is 4. The van der Waals surface area contributed by atoms with Crippen LogP contribution >= 0.6 is 11.8 Å². The number of cyclic esters (lactones) is 1. The highest BCUT2D eigenvalue weighted by molar-refractivity contribution is 7.98. The van der Waals surface area contributed by atoms with Crippen molar-refractivity contribution in [1.82, 2.24) is 0 Å². The van der Waals surface area contributed by atoms with Gasteiger partial charge in [-0.25, -0.2) is 4.79 Å². The lowest BCUT2D eigenvalue weighted by atomic mass is 9.46. The lowest BCUT2D eigenvalue weighted by Gasteiger charge is -2.55. The van der Waals surface area contributed by atoms with Gasteiger partial charge < -0.3 is 24.1 Å². The Morgan fingerprint density at radius 1 is 1.34 bits per heavy atom. The van der Waals surface area contributed by atoms with Gasteiger partial charge in [-0.1, -0.05) is 20.8 Å². The highest BCUT2D eigenvalue weighted by atomic mass is 32.2. The molecule has 2 spiro atoms. The second-order valence-electron chi connectivity index (χ2n) is 10.3. The Kier molecular flexibility index (Phi) is 3.82. The van der Waals surface area contributed by atoms with E-state index in [2.05, 4.69) is 20.8 Å². The fraction of sp³-hybridized carbons (Fsp3) is 0.864. The van der Waals surface area contributed by atoms with E-state index in [4.69, 9.17) is 18.9 Å². The maximum absolute atomic E-state index is 12.2. The van der Waals surface area contributed by atoms with Crippen molar-refractivity contribution in [2.24, 2.45) is 23.2 Å². The highest BCUT2D eigenvalue weighted by Crippen LogP contribution is 2.79. The van der Waals surface area contributed by atoms with Gasteiger partial charge in [-0.2, -0.15) is 0 Å². The molecule has 3 heterocycles. The molecule has 0 aromatic carbocycles. The van der Waals surface area contributed by atoms with Crippen LogP contribution in [-0.2, 0) is 23.7 Å². The number of fused-ring (bicyclic) bond motifs is 2. The van der Waals surface area contributed by atoms with Crippen LogP contribution in [0, 0.1) is 23.2 Å². The molecular formula is C22H30O6S. The molecule has 9 atom stereocenters. The van der Waals surface area contributed by atoms with Crippen LogP contribution in [0.4, 0.5) is 0 Å². The molecule has 3 aliphatic heterocycles. The fourth-order valence-electron chi connectivity index (χ4n) is 7.72. The van der Waals surface area contributed by atoms with E-state index >= 15 is 0 Å². The first-order valence-electron chi connectivity index (χ1n) is 10.9. The van der Waals surface area contributed by atoms with E-state index in [0.717, 1.165) is 30.4 Å². The number of epoxide rings is 2. The molecule has 0 amide bonds. The van der Waals surface area contributed by atoms with Gasteiger partial charge >= 0.3 is 5.97 Å². The van der Waals surface area contributed by atoms with E-state index in [0.29, 0.717) is 12.5 Å². The lowest BCUT2D eigenvalue weighted by molar-refractivity contribution is -0.142. The molecule has 2 saturated heterocycles. The van der Waals surface area contributed by atoms with Crippen molar-refractivity contribution >= 4 is 17.7 Å². The summed E-state index contributed by atoms with van der Waals surface area (Å²) < 4.78 is 24.9. The van der Waals surface area contributed by atoms with E-state index < -0.39 is 17.3 Å². The Balaban J connectivity index is 1.46. The van der Waals surface area contributed by atoms with E-state index in [9.17, 15) is 9.90 Å². The van der Waals surface area contributed by atoms with Crippen LogP contribution in [0.25, 0.3) is 0 Å². The zero-order valence-electron chi connectivity index (χ0n) is 17.5. The number of ether oxygens (including phenoxy) is 4. The molecule has 2 saturated carbocycles. The minimum absolute atomic E-state index is 0.0114. The zero-order chi connectivity index (χ0) is 20.3. The summed E-state index contributed by atoms with van der Waals surface area (Å²) in [5, 5.41) is 11.4. The Morgan fingerprint density at radius 2 is 2.14 bits per heavy atom. The van der Waals surface area contributed by atoms with Crippen LogP contribution < -0.4 is 0 Å². The topological polar surface area (TPSA) is 80.8 Å². The predicted octanol–water partition coefficient (Wildman–Crippen LogP) is 2.29. The van der Waals surface area contributed by atoms with Crippen molar-refractivity contribution in [3.8, 4) is 0 Å². The monoisotopic (exact) mass is 422 g/mol. The van der Waals surface area contributed by atoms with Crippen molar-refractivity contribution in [1.29, 1.82) is 0 Å². The summed E-state index contributed by atoms with van der Waals surface area (Å²) in [5.41, 5.74) is 0.820. The van der Waals surface area contributed by atoms with Gasteiger partial charge in [0, 0.05) is 16.9 Å². The second kappa shape index (κ2) is 5.80. The standard InChI is InChI=1S/C22H30O6S/c1-10(2)15-16(23)18-22(28-18)20(3)6-5-11-12(8-25-19(11)24)13(20)7-14-21(22,27-14)17(15)26-9-29-4/h10,13-18,23H,5-9H2,1-4H3/t13-,14-,15?,16+,17+,18-,20-,21+,22+/m0/s1. The third-order valence-electron chi connectivity index (χ3n) is 8.98. The third kappa shape index (κ3) is 1.98. The molecule has 7 heteroatoms. The quantitative estimate of drug-likeness (QED) is 0.423. The Hall–Kier alpha value is -0.600. The maximum Gasteiger partial charge on any atom is 0.334 e. The van der Waals surface area contributed by atoms with Crippen LogP contribution in [0.15, 0.2) is 11.1 Å². The van der Waals surface area contributed by atoms with Gasteiger partial charge in [0.2, 0.25) is 0 Å². The number of aliphatic hydroxyl groups excluding tert-OH is 1. The third-order valence-corrected chi connectivity index (χ3v) is 9.35. The smallest absolute Gasteiger partial charge is 0.334 e. The Bertz CT molecular complexity index is 811. The zero-order valence-corrected chi connectivity index (χ0v) is 18.3. The van der Waals surface area contributed by atoms with Crippen molar-refractivity contribution in [3.05, 3.63) is 11.1 Å². The molecule has 6 nitrogen and oxygen atoms in total. The molecule has 0 aromatic heterocycles. The summed E-state index contributed by atoms with van der Waals surface area (Å²) in [7, 11) is 0. The van der Waals surface area contributed by atoms with Crippen LogP contribution in [0.2, 0.25) is 0 Å². The molecule has 0 bridgehead atoms. The van der Waals surface area contributed by atoms with Crippen molar-refractivity contribution in [3.63, 3.8) is 0 Å². The Labute approximate surface area is 175 Å². The van der Waals surface area contributed by atoms with Gasteiger partial charge in [-0.15, -0.1) is 11.8 Å². The van der Waals surface area contributed by atoms with Crippen LogP contribution in [0.5, 0.6) is 0 Å². The van der Waals surface area contributed by atoms with Crippen molar-refractivity contribution in [2.75, 3.05) is 18.8 Å². The molecule has 6 aliphatic rings. The van der Waals surface area contributed by atoms with E-state index in [1.807, 2.05) is 6.26 Å². The first-order chi connectivity index (χ1) is 13.8. The number of hydrogen-bond donors (Lipinski definition) is 1. The van der Waals surface area contributed by atoms with Gasteiger partial charge in [-0.05, 0) is 42.9 Å². The molecule has 6 rings (SSSR count). The number of esters is 1. The van der Waals surface area contributed by atoms with Crippen LogP contribution in [0.1, 0.15) is 40.0 Å². The number of carbonyl (C=O) groups excluding carboxylic acids is 1.